The largest absolute Gasteiger partial charge is 0.469 e. The number of nitrogens with zero attached hydrogens (tertiary/aromatic N) is 1. The molecule has 0 bridgehead atoms. The van der Waals surface area contributed by atoms with Gasteiger partial charge in [0.2, 0.25) is 0 Å². The molecule has 1 aromatic rings. The molecule has 20 heavy (non-hydrogen) atoms. The van der Waals surface area contributed by atoms with Crippen LogP contribution in [0.15, 0.2) is 30.3 Å². The van der Waals surface area contributed by atoms with Gasteiger partial charge in [0.1, 0.15) is 0 Å². The minimum Gasteiger partial charge on any atom is -0.469 e. The summed E-state index contributed by atoms with van der Waals surface area (Å²) in [6.07, 6.45) is 2.54. The third kappa shape index (κ3) is 4.94. The van der Waals surface area contributed by atoms with Crippen LogP contribution in [0.25, 0.3) is 0 Å². The number of hydrogen-bond donors (Lipinski definition) is 1. The molecule has 1 heterocycles. The first-order chi connectivity index (χ1) is 9.78. The van der Waals surface area contributed by atoms with Crippen molar-refractivity contribution in [1.82, 2.24) is 10.2 Å². The van der Waals surface area contributed by atoms with E-state index in [0.717, 1.165) is 32.6 Å². The fourth-order valence-electron chi connectivity index (χ4n) is 2.63. The Labute approximate surface area is 121 Å². The van der Waals surface area contributed by atoms with Crippen molar-refractivity contribution in [2.75, 3.05) is 26.7 Å². The van der Waals surface area contributed by atoms with Gasteiger partial charge in [0, 0.05) is 32.1 Å². The molecular weight excluding hydrogens is 252 g/mol. The lowest BCUT2D eigenvalue weighted by molar-refractivity contribution is -0.140. The molecule has 0 radical (unpaired) electrons. The molecule has 0 aliphatic carbocycles. The smallest absolute Gasteiger partial charge is 0.305 e. The van der Waals surface area contributed by atoms with Crippen molar-refractivity contribution in [3.05, 3.63) is 35.9 Å². The Morgan fingerprint density at radius 1 is 1.40 bits per heavy atom. The summed E-state index contributed by atoms with van der Waals surface area (Å²) in [4.78, 5) is 13.5. The van der Waals surface area contributed by atoms with Crippen molar-refractivity contribution in [3.8, 4) is 0 Å². The van der Waals surface area contributed by atoms with Gasteiger partial charge in [0.05, 0.1) is 7.11 Å². The summed E-state index contributed by atoms with van der Waals surface area (Å²) >= 11 is 0. The summed E-state index contributed by atoms with van der Waals surface area (Å²) < 4.78 is 4.63. The minimum atomic E-state index is -0.121. The molecule has 1 N–H and O–H groups in total. The van der Waals surface area contributed by atoms with Crippen LogP contribution in [0.3, 0.4) is 0 Å². The second-order valence-electron chi connectivity index (χ2n) is 5.34. The second kappa shape index (κ2) is 8.02. The molecular formula is C16H24N2O2. The molecule has 1 fully saturated rings. The normalized spacial score (nSPS) is 19.1. The number of carbonyl (C=O) groups is 1. The van der Waals surface area contributed by atoms with Crippen LogP contribution >= 0.6 is 0 Å². The quantitative estimate of drug-likeness (QED) is 0.609. The number of ether oxygens (including phenoxy) is 1. The highest BCUT2D eigenvalue weighted by Gasteiger charge is 2.21. The molecule has 1 atom stereocenters. The van der Waals surface area contributed by atoms with Crippen molar-refractivity contribution >= 4 is 5.97 Å². The van der Waals surface area contributed by atoms with E-state index in [1.165, 1.54) is 19.1 Å². The van der Waals surface area contributed by atoms with E-state index in [4.69, 9.17) is 0 Å². The average Bonchev–Trinajstić information content (AvgIpc) is 2.92. The maximum atomic E-state index is 11.0. The Morgan fingerprint density at radius 2 is 2.20 bits per heavy atom. The highest BCUT2D eigenvalue weighted by atomic mass is 16.5. The fourth-order valence-corrected chi connectivity index (χ4v) is 2.63. The topological polar surface area (TPSA) is 41.6 Å². The zero-order chi connectivity index (χ0) is 14.2. The maximum Gasteiger partial charge on any atom is 0.305 e. The SMILES string of the molecule is COC(=O)CCCNC1CCN(Cc2ccccc2)C1. The molecule has 1 aromatic carbocycles. The molecule has 1 saturated heterocycles. The van der Waals surface area contributed by atoms with E-state index in [-0.39, 0.29) is 5.97 Å². The van der Waals surface area contributed by atoms with Crippen LogP contribution < -0.4 is 5.32 Å². The molecule has 110 valence electrons. The third-order valence-electron chi connectivity index (χ3n) is 3.74. The number of nitrogens with one attached hydrogen (secondary N) is 1. The van der Waals surface area contributed by atoms with Crippen LogP contribution in [0.4, 0.5) is 0 Å². The number of likely N-dealkylation sites (tertiary alicyclic amines) is 1. The van der Waals surface area contributed by atoms with Crippen molar-refractivity contribution in [1.29, 1.82) is 0 Å². The summed E-state index contributed by atoms with van der Waals surface area (Å²) in [5.41, 5.74) is 1.37. The maximum absolute atomic E-state index is 11.0. The Kier molecular flexibility index (Phi) is 6.02. The number of carbonyl (C=O) groups excluding carboxylic acids is 1. The van der Waals surface area contributed by atoms with Gasteiger partial charge in [-0.05, 0) is 24.9 Å². The van der Waals surface area contributed by atoms with Gasteiger partial charge < -0.3 is 10.1 Å². The highest BCUT2D eigenvalue weighted by molar-refractivity contribution is 5.69. The first kappa shape index (κ1) is 15.0. The molecule has 4 heteroatoms. The van der Waals surface area contributed by atoms with Crippen LogP contribution in [-0.2, 0) is 16.1 Å². The molecule has 1 aliphatic heterocycles. The van der Waals surface area contributed by atoms with E-state index < -0.39 is 0 Å². The Morgan fingerprint density at radius 3 is 2.95 bits per heavy atom. The first-order valence-electron chi connectivity index (χ1n) is 7.34. The van der Waals surface area contributed by atoms with Gasteiger partial charge in [0.15, 0.2) is 0 Å². The summed E-state index contributed by atoms with van der Waals surface area (Å²) in [5, 5.41) is 3.53. The second-order valence-corrected chi connectivity index (χ2v) is 5.34. The monoisotopic (exact) mass is 276 g/mol. The summed E-state index contributed by atoms with van der Waals surface area (Å²) in [6.45, 7) is 4.15. The molecule has 4 nitrogen and oxygen atoms in total. The van der Waals surface area contributed by atoms with Gasteiger partial charge in [0.25, 0.3) is 0 Å². The van der Waals surface area contributed by atoms with Gasteiger partial charge in [-0.3, -0.25) is 9.69 Å². The van der Waals surface area contributed by atoms with Crippen molar-refractivity contribution in [3.63, 3.8) is 0 Å². The number of esters is 1. The molecule has 1 aliphatic rings. The zero-order valence-corrected chi connectivity index (χ0v) is 12.2. The van der Waals surface area contributed by atoms with Crippen LogP contribution in [0.5, 0.6) is 0 Å². The lowest BCUT2D eigenvalue weighted by atomic mass is 10.2. The predicted molar refractivity (Wildman–Crippen MR) is 79.4 cm³/mol. The van der Waals surface area contributed by atoms with Crippen LogP contribution in [-0.4, -0.2) is 43.7 Å². The van der Waals surface area contributed by atoms with Gasteiger partial charge in [-0.1, -0.05) is 30.3 Å². The van der Waals surface area contributed by atoms with E-state index in [0.29, 0.717) is 12.5 Å². The van der Waals surface area contributed by atoms with Gasteiger partial charge in [-0.25, -0.2) is 0 Å². The van der Waals surface area contributed by atoms with Gasteiger partial charge in [-0.15, -0.1) is 0 Å². The molecule has 0 amide bonds. The van der Waals surface area contributed by atoms with E-state index in [2.05, 4.69) is 45.3 Å². The number of rotatable bonds is 7. The number of methoxy groups -OCH3 is 1. The fraction of sp³-hybridized carbons (Fsp3) is 0.562. The predicted octanol–water partition coefficient (Wildman–Crippen LogP) is 1.80. The molecule has 0 saturated carbocycles. The Bertz CT molecular complexity index is 408. The lowest BCUT2D eigenvalue weighted by Crippen LogP contribution is -2.33. The van der Waals surface area contributed by atoms with Crippen molar-refractivity contribution in [2.24, 2.45) is 0 Å². The van der Waals surface area contributed by atoms with Crippen molar-refractivity contribution < 1.29 is 9.53 Å². The molecule has 0 aromatic heterocycles. The zero-order valence-electron chi connectivity index (χ0n) is 12.2. The van der Waals surface area contributed by atoms with Crippen LogP contribution in [0, 0.1) is 0 Å². The summed E-state index contributed by atoms with van der Waals surface area (Å²) in [6, 6.07) is 11.1. The first-order valence-corrected chi connectivity index (χ1v) is 7.34. The van der Waals surface area contributed by atoms with Crippen molar-refractivity contribution in [2.45, 2.75) is 31.8 Å². The number of benzene rings is 1. The number of hydrogen-bond acceptors (Lipinski definition) is 4. The molecule has 0 spiro atoms. The Hall–Kier alpha value is -1.39. The molecule has 1 unspecified atom stereocenters. The van der Waals surface area contributed by atoms with Crippen LogP contribution in [0.1, 0.15) is 24.8 Å². The Balaban J connectivity index is 1.62. The van der Waals surface area contributed by atoms with Crippen LogP contribution in [0.2, 0.25) is 0 Å². The summed E-state index contributed by atoms with van der Waals surface area (Å²) in [5.74, 6) is -0.121. The van der Waals surface area contributed by atoms with E-state index in [1.807, 2.05) is 0 Å². The average molecular weight is 276 g/mol. The van der Waals surface area contributed by atoms with Gasteiger partial charge in [-0.2, -0.15) is 0 Å². The highest BCUT2D eigenvalue weighted by Crippen LogP contribution is 2.13. The lowest BCUT2D eigenvalue weighted by Gasteiger charge is -2.16. The third-order valence-corrected chi connectivity index (χ3v) is 3.74. The van der Waals surface area contributed by atoms with Gasteiger partial charge >= 0.3 is 5.97 Å². The van der Waals surface area contributed by atoms with E-state index in [1.54, 1.807) is 0 Å². The van der Waals surface area contributed by atoms with E-state index in [9.17, 15) is 4.79 Å². The standard InChI is InChI=1S/C16H24N2O2/c1-20-16(19)8-5-10-17-15-9-11-18(13-15)12-14-6-3-2-4-7-14/h2-4,6-7,15,17H,5,8-13H2,1H3. The minimum absolute atomic E-state index is 0.121. The summed E-state index contributed by atoms with van der Waals surface area (Å²) in [7, 11) is 1.44. The molecule has 2 rings (SSSR count). The van der Waals surface area contributed by atoms with E-state index >= 15 is 0 Å².